The first-order valence-corrected chi connectivity index (χ1v) is 22.5. The molecule has 0 bridgehead atoms. The van der Waals surface area contributed by atoms with Gasteiger partial charge in [-0.3, -0.25) is 0 Å². The van der Waals surface area contributed by atoms with Crippen LogP contribution in [0, 0.1) is 42.5 Å². The predicted molar refractivity (Wildman–Crippen MR) is 237 cm³/mol. The first kappa shape index (κ1) is 42.4. The molecule has 2 radical (unpaired) electrons. The van der Waals surface area contributed by atoms with Gasteiger partial charge in [-0.2, -0.15) is 12.1 Å². The minimum atomic E-state index is 0. The van der Waals surface area contributed by atoms with Gasteiger partial charge in [-0.05, 0) is 51.7 Å². The topological polar surface area (TPSA) is 0 Å². The van der Waals surface area contributed by atoms with Gasteiger partial charge < -0.3 is 14.9 Å². The number of hydrogen-bond acceptors (Lipinski definition) is 0. The Morgan fingerprint density at radius 3 is 0.889 bits per heavy atom. The molecule has 0 aliphatic carbocycles. The van der Waals surface area contributed by atoms with Crippen LogP contribution in [0.25, 0.3) is 66.1 Å². The van der Waals surface area contributed by atoms with Crippen LogP contribution in [-0.2, 0) is 36.2 Å². The molecule has 54 heavy (non-hydrogen) atoms. The second-order valence-corrected chi connectivity index (χ2v) is 13.9. The molecule has 0 fully saturated rings. The number of rotatable bonds is 6. The summed E-state index contributed by atoms with van der Waals surface area (Å²) in [6.45, 7) is 16.1. The van der Waals surface area contributed by atoms with Crippen molar-refractivity contribution in [2.45, 2.75) is 54.4 Å². The van der Waals surface area contributed by atoms with Crippen LogP contribution in [0.3, 0.4) is 0 Å². The molecule has 0 aromatic heterocycles. The molecule has 0 heterocycles. The minimum absolute atomic E-state index is 0. The monoisotopic (exact) mass is 794 g/mol. The molecule has 0 atom stereocenters. The van der Waals surface area contributed by atoms with Crippen molar-refractivity contribution in [1.29, 1.82) is 0 Å². The van der Waals surface area contributed by atoms with Gasteiger partial charge in [0.2, 0.25) is 0 Å². The van der Waals surface area contributed by atoms with Crippen LogP contribution in [0.1, 0.15) is 47.2 Å². The number of benzene rings is 6. The van der Waals surface area contributed by atoms with Crippen molar-refractivity contribution in [2.75, 3.05) is 0 Å². The summed E-state index contributed by atoms with van der Waals surface area (Å²) in [7, 11) is 0. The molecular formula is C52H52SiZr-4. The molecule has 272 valence electrons. The van der Waals surface area contributed by atoms with Crippen molar-refractivity contribution in [3.63, 3.8) is 0 Å². The normalized spacial score (nSPS) is 10.4. The summed E-state index contributed by atoms with van der Waals surface area (Å²) in [6, 6.07) is 54.0. The molecule has 8 aromatic carbocycles. The third kappa shape index (κ3) is 9.29. The van der Waals surface area contributed by atoms with E-state index in [1.54, 1.807) is 0 Å². The summed E-state index contributed by atoms with van der Waals surface area (Å²) in [4.78, 5) is 0. The summed E-state index contributed by atoms with van der Waals surface area (Å²) in [6.07, 6.45) is 2.13. The summed E-state index contributed by atoms with van der Waals surface area (Å²) in [5.74, 6) is 0. The van der Waals surface area contributed by atoms with Gasteiger partial charge in [0.05, 0.1) is 0 Å². The maximum atomic E-state index is 3.06. The summed E-state index contributed by atoms with van der Waals surface area (Å²) in [5.41, 5.74) is 18.5. The van der Waals surface area contributed by atoms with Gasteiger partial charge in [0.25, 0.3) is 0 Å². The van der Waals surface area contributed by atoms with Gasteiger partial charge in [0.15, 0.2) is 0 Å². The molecule has 2 heteroatoms. The fourth-order valence-electron chi connectivity index (χ4n) is 7.07. The molecular weight excluding hydrogens is 744 g/mol. The Morgan fingerprint density at radius 2 is 0.630 bits per heavy atom. The summed E-state index contributed by atoms with van der Waals surface area (Å²) < 4.78 is 0. The molecule has 0 aliphatic rings. The fraction of sp³-hybridized carbons (Fsp3) is 0.154. The van der Waals surface area contributed by atoms with Crippen LogP contribution in [0.2, 0.25) is 0 Å². The second kappa shape index (κ2) is 19.3. The molecule has 0 aliphatic heterocycles. The van der Waals surface area contributed by atoms with Crippen LogP contribution in [0.15, 0.2) is 146 Å². The molecule has 0 spiro atoms. The average Bonchev–Trinajstić information content (AvgIpc) is 3.82. The van der Waals surface area contributed by atoms with Gasteiger partial charge in [-0.25, -0.2) is 0 Å². The summed E-state index contributed by atoms with van der Waals surface area (Å²) >= 11 is 1.36. The fourth-order valence-corrected chi connectivity index (χ4v) is 7.07. The van der Waals surface area contributed by atoms with Gasteiger partial charge in [0.1, 0.15) is 0 Å². The number of hydrogen-bond donors (Lipinski definition) is 0. The SMILES string of the molecule is CCc1cc2c(-c3ccc(C)cc3)ccc(-c3ccc(C)cc3)c2[cH-]1.CCc1cc2c(-c3ccc(C)cc3)ccc(-c3ccc(C)cc3)c2[cH-]1.[CH3-].[CH3-].[Si]=[Zr]. The molecule has 0 amide bonds. The Kier molecular flexibility index (Phi) is 15.1. The van der Waals surface area contributed by atoms with Crippen molar-refractivity contribution >= 4 is 28.4 Å². The Hall–Kier alpha value is -4.36. The summed E-state index contributed by atoms with van der Waals surface area (Å²) in [5, 5.41) is 5.44. The average molecular weight is 796 g/mol. The Morgan fingerprint density at radius 1 is 0.389 bits per heavy atom. The van der Waals surface area contributed by atoms with E-state index in [1.165, 1.54) is 123 Å². The van der Waals surface area contributed by atoms with E-state index in [-0.39, 0.29) is 14.9 Å². The first-order chi connectivity index (χ1) is 25.3. The van der Waals surface area contributed by atoms with E-state index in [2.05, 4.69) is 194 Å². The van der Waals surface area contributed by atoms with E-state index in [9.17, 15) is 0 Å². The maximum absolute atomic E-state index is 3.06. The Labute approximate surface area is 342 Å². The standard InChI is InChI=1S/2C25H23.2CH3.Si.Zr/c2*1-4-19-15-24-22(20-9-5-17(2)6-10-20)13-14-23(25(24)16-19)21-11-7-18(3)8-12-21;;;;/h2*5-16H,4H2,1-3H3;2*1H3;;/q4*-1;;. The van der Waals surface area contributed by atoms with E-state index in [0.717, 1.165) is 12.8 Å². The predicted octanol–water partition coefficient (Wildman–Crippen LogP) is 14.7. The van der Waals surface area contributed by atoms with Crippen molar-refractivity contribution in [2.24, 2.45) is 0 Å². The van der Waals surface area contributed by atoms with Crippen molar-refractivity contribution in [1.82, 2.24) is 0 Å². The van der Waals surface area contributed by atoms with Crippen LogP contribution in [0.5, 0.6) is 0 Å². The van der Waals surface area contributed by atoms with Gasteiger partial charge in [-0.15, -0.1) is 44.8 Å². The zero-order valence-electron chi connectivity index (χ0n) is 33.3. The van der Waals surface area contributed by atoms with E-state index in [1.807, 2.05) is 0 Å². The molecule has 8 rings (SSSR count). The quantitative estimate of drug-likeness (QED) is 0.116. The third-order valence-corrected chi connectivity index (χ3v) is 10.2. The van der Waals surface area contributed by atoms with Crippen LogP contribution >= 0.6 is 0 Å². The Balaban J connectivity index is 0.000000222. The first-order valence-electron chi connectivity index (χ1n) is 18.3. The van der Waals surface area contributed by atoms with E-state index >= 15 is 0 Å². The molecule has 0 saturated carbocycles. The van der Waals surface area contributed by atoms with Crippen LogP contribution < -0.4 is 0 Å². The van der Waals surface area contributed by atoms with E-state index in [4.69, 9.17) is 0 Å². The van der Waals surface area contributed by atoms with Gasteiger partial charge in [0, 0.05) is 0 Å². The van der Waals surface area contributed by atoms with E-state index < -0.39 is 0 Å². The zero-order valence-corrected chi connectivity index (χ0v) is 36.7. The third-order valence-electron chi connectivity index (χ3n) is 10.2. The molecule has 0 nitrogen and oxygen atoms in total. The molecule has 0 N–H and O–H groups in total. The van der Waals surface area contributed by atoms with Gasteiger partial charge >= 0.3 is 30.2 Å². The van der Waals surface area contributed by atoms with Crippen molar-refractivity contribution < 1.29 is 23.3 Å². The second-order valence-electron chi connectivity index (χ2n) is 13.9. The van der Waals surface area contributed by atoms with Crippen LogP contribution in [0.4, 0.5) is 0 Å². The number of fused-ring (bicyclic) bond motifs is 2. The molecule has 8 aromatic rings. The van der Waals surface area contributed by atoms with Gasteiger partial charge in [-0.1, -0.05) is 191 Å². The Bertz CT molecular complexity index is 2060. The van der Waals surface area contributed by atoms with Crippen molar-refractivity contribution in [3.8, 4) is 44.5 Å². The van der Waals surface area contributed by atoms with Crippen molar-refractivity contribution in [3.05, 3.63) is 194 Å². The number of aryl methyl sites for hydroxylation is 6. The zero-order chi connectivity index (χ0) is 36.8. The van der Waals surface area contributed by atoms with E-state index in [0.29, 0.717) is 0 Å². The molecule has 0 unspecified atom stereocenters. The van der Waals surface area contributed by atoms with Crippen LogP contribution in [-0.4, -0.2) is 6.88 Å². The molecule has 0 saturated heterocycles.